The highest BCUT2D eigenvalue weighted by Gasteiger charge is 2.06. The number of anilines is 1. The number of pyridine rings is 1. The number of carbonyl (C=O) groups excluding carboxylic acids is 1. The van der Waals surface area contributed by atoms with Crippen molar-refractivity contribution in [1.82, 2.24) is 4.98 Å². The van der Waals surface area contributed by atoms with Gasteiger partial charge in [-0.1, -0.05) is 0 Å². The molecule has 0 aliphatic carbocycles. The van der Waals surface area contributed by atoms with E-state index in [0.29, 0.717) is 24.5 Å². The molecular weight excluding hydrogens is 180 g/mol. The predicted octanol–water partition coefficient (Wildman–Crippen LogP) is -0.0588. The number of aromatic nitrogens is 1. The number of rotatable bonds is 5. The van der Waals surface area contributed by atoms with Crippen molar-refractivity contribution in [2.24, 2.45) is 11.5 Å². The molecule has 0 unspecified atom stereocenters. The average Bonchev–Trinajstić information content (AvgIpc) is 2.19. The third-order valence-electron chi connectivity index (χ3n) is 1.75. The second-order valence-electron chi connectivity index (χ2n) is 2.83. The first kappa shape index (κ1) is 10.5. The van der Waals surface area contributed by atoms with Gasteiger partial charge in [0.15, 0.2) is 0 Å². The van der Waals surface area contributed by atoms with E-state index in [1.807, 2.05) is 0 Å². The van der Waals surface area contributed by atoms with Gasteiger partial charge in [0.25, 0.3) is 5.91 Å². The summed E-state index contributed by atoms with van der Waals surface area (Å²) in [5, 5.41) is 3.00. The van der Waals surface area contributed by atoms with Gasteiger partial charge in [0.1, 0.15) is 5.82 Å². The van der Waals surface area contributed by atoms with Crippen molar-refractivity contribution >= 4 is 11.7 Å². The zero-order chi connectivity index (χ0) is 10.4. The van der Waals surface area contributed by atoms with Crippen LogP contribution in [0.4, 0.5) is 5.82 Å². The van der Waals surface area contributed by atoms with Gasteiger partial charge in [-0.3, -0.25) is 4.79 Å². The summed E-state index contributed by atoms with van der Waals surface area (Å²) in [6.45, 7) is 1.29. The minimum atomic E-state index is -0.478. The number of nitrogens with zero attached hydrogens (tertiary/aromatic N) is 1. The summed E-state index contributed by atoms with van der Waals surface area (Å²) >= 11 is 0. The second kappa shape index (κ2) is 5.18. The Labute approximate surface area is 82.5 Å². The van der Waals surface area contributed by atoms with Gasteiger partial charge >= 0.3 is 0 Å². The Morgan fingerprint density at radius 1 is 1.57 bits per heavy atom. The minimum absolute atomic E-state index is 0.407. The highest BCUT2D eigenvalue weighted by atomic mass is 16.1. The first-order chi connectivity index (χ1) is 6.75. The van der Waals surface area contributed by atoms with Crippen molar-refractivity contribution in [3.8, 4) is 0 Å². The summed E-state index contributed by atoms with van der Waals surface area (Å²) in [4.78, 5) is 15.0. The van der Waals surface area contributed by atoms with Gasteiger partial charge in [0.2, 0.25) is 0 Å². The van der Waals surface area contributed by atoms with E-state index in [-0.39, 0.29) is 0 Å². The molecule has 1 aromatic heterocycles. The quantitative estimate of drug-likeness (QED) is 0.572. The molecule has 0 atom stereocenters. The number of primary amides is 1. The van der Waals surface area contributed by atoms with E-state index in [1.54, 1.807) is 18.3 Å². The number of hydrogen-bond donors (Lipinski definition) is 3. The Bertz CT molecular complexity index is 313. The summed E-state index contributed by atoms with van der Waals surface area (Å²) in [6, 6.07) is 3.31. The zero-order valence-electron chi connectivity index (χ0n) is 7.86. The third kappa shape index (κ3) is 2.70. The normalized spacial score (nSPS) is 9.79. The summed E-state index contributed by atoms with van der Waals surface area (Å²) in [6.07, 6.45) is 2.44. The molecule has 0 aromatic carbocycles. The fourth-order valence-corrected chi connectivity index (χ4v) is 1.05. The van der Waals surface area contributed by atoms with Crippen LogP contribution in [0.5, 0.6) is 0 Å². The van der Waals surface area contributed by atoms with Crippen LogP contribution in [0.15, 0.2) is 18.3 Å². The van der Waals surface area contributed by atoms with E-state index in [9.17, 15) is 4.79 Å². The number of hydrogen-bond acceptors (Lipinski definition) is 4. The van der Waals surface area contributed by atoms with E-state index >= 15 is 0 Å². The summed E-state index contributed by atoms with van der Waals surface area (Å²) < 4.78 is 0. The van der Waals surface area contributed by atoms with E-state index in [1.165, 1.54) is 0 Å². The Morgan fingerprint density at radius 3 is 3.00 bits per heavy atom. The van der Waals surface area contributed by atoms with Crippen LogP contribution >= 0.6 is 0 Å². The molecule has 1 amide bonds. The minimum Gasteiger partial charge on any atom is -0.369 e. The van der Waals surface area contributed by atoms with Crippen LogP contribution in [-0.4, -0.2) is 24.0 Å². The summed E-state index contributed by atoms with van der Waals surface area (Å²) in [5.74, 6) is 0.0433. The van der Waals surface area contributed by atoms with Crippen LogP contribution in [0.2, 0.25) is 0 Å². The lowest BCUT2D eigenvalue weighted by Gasteiger charge is -2.07. The SMILES string of the molecule is NCCCNc1ncccc1C(N)=O. The molecule has 0 saturated heterocycles. The molecule has 1 rings (SSSR count). The summed E-state index contributed by atoms with van der Waals surface area (Å²) in [7, 11) is 0. The fourth-order valence-electron chi connectivity index (χ4n) is 1.05. The molecule has 0 fully saturated rings. The average molecular weight is 194 g/mol. The molecule has 0 spiro atoms. The van der Waals surface area contributed by atoms with Gasteiger partial charge in [-0.05, 0) is 25.1 Å². The lowest BCUT2D eigenvalue weighted by molar-refractivity contribution is 0.100. The van der Waals surface area contributed by atoms with Gasteiger partial charge in [0.05, 0.1) is 5.56 Å². The fraction of sp³-hybridized carbons (Fsp3) is 0.333. The van der Waals surface area contributed by atoms with Crippen LogP contribution in [0.1, 0.15) is 16.8 Å². The van der Waals surface area contributed by atoms with Crippen molar-refractivity contribution in [2.45, 2.75) is 6.42 Å². The van der Waals surface area contributed by atoms with E-state index in [4.69, 9.17) is 11.5 Å². The molecule has 0 radical (unpaired) electrons. The predicted molar refractivity (Wildman–Crippen MR) is 54.9 cm³/mol. The van der Waals surface area contributed by atoms with E-state index < -0.39 is 5.91 Å². The number of amides is 1. The Hall–Kier alpha value is -1.62. The number of nitrogens with two attached hydrogens (primary N) is 2. The highest BCUT2D eigenvalue weighted by Crippen LogP contribution is 2.09. The van der Waals surface area contributed by atoms with Crippen molar-refractivity contribution in [3.63, 3.8) is 0 Å². The van der Waals surface area contributed by atoms with Crippen LogP contribution in [0.3, 0.4) is 0 Å². The van der Waals surface area contributed by atoms with Crippen LogP contribution < -0.4 is 16.8 Å². The maximum Gasteiger partial charge on any atom is 0.252 e. The Balaban J connectivity index is 2.69. The molecule has 14 heavy (non-hydrogen) atoms. The van der Waals surface area contributed by atoms with Crippen molar-refractivity contribution in [1.29, 1.82) is 0 Å². The Morgan fingerprint density at radius 2 is 2.36 bits per heavy atom. The molecule has 5 N–H and O–H groups in total. The van der Waals surface area contributed by atoms with Crippen LogP contribution in [0.25, 0.3) is 0 Å². The molecule has 5 nitrogen and oxygen atoms in total. The van der Waals surface area contributed by atoms with Gasteiger partial charge in [-0.25, -0.2) is 4.98 Å². The summed E-state index contributed by atoms with van der Waals surface area (Å²) in [5.41, 5.74) is 10.9. The van der Waals surface area contributed by atoms with Crippen LogP contribution in [0, 0.1) is 0 Å². The lowest BCUT2D eigenvalue weighted by Crippen LogP contribution is -2.16. The molecule has 1 heterocycles. The largest absolute Gasteiger partial charge is 0.369 e. The molecular formula is C9H14N4O. The molecule has 0 aliphatic heterocycles. The van der Waals surface area contributed by atoms with Gasteiger partial charge in [0, 0.05) is 12.7 Å². The second-order valence-corrected chi connectivity index (χ2v) is 2.83. The van der Waals surface area contributed by atoms with Gasteiger partial charge in [-0.15, -0.1) is 0 Å². The molecule has 5 heteroatoms. The maximum absolute atomic E-state index is 11.0. The third-order valence-corrected chi connectivity index (χ3v) is 1.75. The monoisotopic (exact) mass is 194 g/mol. The van der Waals surface area contributed by atoms with Crippen LogP contribution in [-0.2, 0) is 0 Å². The van der Waals surface area contributed by atoms with Gasteiger partial charge < -0.3 is 16.8 Å². The van der Waals surface area contributed by atoms with Crippen molar-refractivity contribution < 1.29 is 4.79 Å². The highest BCUT2D eigenvalue weighted by molar-refractivity contribution is 5.97. The molecule has 0 bridgehead atoms. The van der Waals surface area contributed by atoms with E-state index in [2.05, 4.69) is 10.3 Å². The van der Waals surface area contributed by atoms with Crippen molar-refractivity contribution in [2.75, 3.05) is 18.4 Å². The number of nitrogens with one attached hydrogen (secondary N) is 1. The first-order valence-corrected chi connectivity index (χ1v) is 4.44. The molecule has 0 aliphatic rings. The lowest BCUT2D eigenvalue weighted by atomic mass is 10.2. The van der Waals surface area contributed by atoms with E-state index in [0.717, 1.165) is 6.42 Å². The molecule has 0 saturated carbocycles. The van der Waals surface area contributed by atoms with Crippen molar-refractivity contribution in [3.05, 3.63) is 23.9 Å². The van der Waals surface area contributed by atoms with Gasteiger partial charge in [-0.2, -0.15) is 0 Å². The Kier molecular flexibility index (Phi) is 3.87. The smallest absolute Gasteiger partial charge is 0.252 e. The first-order valence-electron chi connectivity index (χ1n) is 4.44. The molecule has 76 valence electrons. The molecule has 1 aromatic rings. The zero-order valence-corrected chi connectivity index (χ0v) is 7.86. The maximum atomic E-state index is 11.0. The standard InChI is InChI=1S/C9H14N4O/c10-4-2-6-13-9-7(8(11)14)3-1-5-12-9/h1,3,5H,2,4,6,10H2,(H2,11,14)(H,12,13). The topological polar surface area (TPSA) is 94.0 Å². The number of carbonyl (C=O) groups is 1.